The Kier molecular flexibility index (Phi) is 5.75. The number of amides is 1. The molecule has 3 atom stereocenters. The van der Waals surface area contributed by atoms with Crippen molar-refractivity contribution in [2.75, 3.05) is 7.11 Å². The Balaban J connectivity index is 2.09. The first-order chi connectivity index (χ1) is 11.4. The second-order valence-corrected chi connectivity index (χ2v) is 5.70. The summed E-state index contributed by atoms with van der Waals surface area (Å²) in [6.45, 7) is 0. The summed E-state index contributed by atoms with van der Waals surface area (Å²) < 4.78 is 4.79. The first-order valence-electron chi connectivity index (χ1n) is 7.52. The number of phenolic OH excluding ortho intramolecular Hbond substituents is 1. The lowest BCUT2D eigenvalue weighted by Gasteiger charge is -2.24. The van der Waals surface area contributed by atoms with Crippen LogP contribution in [0.2, 0.25) is 0 Å². The molecule has 1 amide bonds. The van der Waals surface area contributed by atoms with E-state index in [2.05, 4.69) is 10.6 Å². The zero-order valence-electron chi connectivity index (χ0n) is 13.2. The van der Waals surface area contributed by atoms with E-state index in [0.717, 1.165) is 5.56 Å². The number of carboxylic acids is 1. The first-order valence-corrected chi connectivity index (χ1v) is 7.52. The maximum absolute atomic E-state index is 12.0. The van der Waals surface area contributed by atoms with Gasteiger partial charge in [-0.25, -0.2) is 0 Å². The van der Waals surface area contributed by atoms with Crippen LogP contribution in [0.15, 0.2) is 24.3 Å². The topological polar surface area (TPSA) is 125 Å². The number of aliphatic carboxylic acids is 1. The third kappa shape index (κ3) is 4.69. The van der Waals surface area contributed by atoms with E-state index in [1.165, 1.54) is 19.2 Å². The van der Waals surface area contributed by atoms with Crippen LogP contribution in [-0.4, -0.2) is 53.3 Å². The van der Waals surface area contributed by atoms with Gasteiger partial charge in [0.15, 0.2) is 0 Å². The van der Waals surface area contributed by atoms with E-state index in [4.69, 9.17) is 9.84 Å². The van der Waals surface area contributed by atoms with Crippen LogP contribution >= 0.6 is 0 Å². The molecule has 0 aliphatic carbocycles. The molecule has 8 heteroatoms. The lowest BCUT2D eigenvalue weighted by molar-refractivity contribution is -0.143. The third-order valence-electron chi connectivity index (χ3n) is 3.91. The molecule has 0 radical (unpaired) electrons. The summed E-state index contributed by atoms with van der Waals surface area (Å²) in [6, 6.07) is 4.60. The molecule has 4 N–H and O–H groups in total. The molecule has 0 bridgehead atoms. The Bertz CT molecular complexity index is 615. The SMILES string of the molecule is COC(=O)[C@H](Cc1ccc(O)cc1)N[C@H]1CC(=O)N[C@H]1CC(=O)O. The van der Waals surface area contributed by atoms with Gasteiger partial charge in [-0.2, -0.15) is 0 Å². The zero-order valence-corrected chi connectivity index (χ0v) is 13.2. The van der Waals surface area contributed by atoms with E-state index in [9.17, 15) is 19.5 Å². The van der Waals surface area contributed by atoms with Crippen LogP contribution in [0.3, 0.4) is 0 Å². The van der Waals surface area contributed by atoms with Crippen LogP contribution in [0.5, 0.6) is 5.75 Å². The minimum atomic E-state index is -1.03. The van der Waals surface area contributed by atoms with Gasteiger partial charge in [0.1, 0.15) is 11.8 Å². The Morgan fingerprint density at radius 1 is 1.38 bits per heavy atom. The number of nitrogens with one attached hydrogen (secondary N) is 2. The van der Waals surface area contributed by atoms with Crippen molar-refractivity contribution in [2.45, 2.75) is 37.4 Å². The van der Waals surface area contributed by atoms with Crippen LogP contribution in [0.25, 0.3) is 0 Å². The summed E-state index contributed by atoms with van der Waals surface area (Å²) in [6.07, 6.45) is 0.162. The van der Waals surface area contributed by atoms with Crippen molar-refractivity contribution >= 4 is 17.8 Å². The normalized spacial score (nSPS) is 21.1. The van der Waals surface area contributed by atoms with Gasteiger partial charge in [-0.1, -0.05) is 12.1 Å². The largest absolute Gasteiger partial charge is 0.508 e. The maximum atomic E-state index is 12.0. The highest BCUT2D eigenvalue weighted by Gasteiger charge is 2.36. The van der Waals surface area contributed by atoms with Gasteiger partial charge in [0, 0.05) is 12.5 Å². The fourth-order valence-corrected chi connectivity index (χ4v) is 2.74. The van der Waals surface area contributed by atoms with Crippen LogP contribution in [0.4, 0.5) is 0 Å². The highest BCUT2D eigenvalue weighted by molar-refractivity contribution is 5.82. The van der Waals surface area contributed by atoms with Crippen molar-refractivity contribution in [1.29, 1.82) is 0 Å². The molecule has 1 aromatic carbocycles. The van der Waals surface area contributed by atoms with Crippen molar-refractivity contribution in [3.05, 3.63) is 29.8 Å². The number of aromatic hydroxyl groups is 1. The lowest BCUT2D eigenvalue weighted by Crippen LogP contribution is -2.50. The van der Waals surface area contributed by atoms with Gasteiger partial charge in [-0.3, -0.25) is 19.7 Å². The number of carbonyl (C=O) groups is 3. The van der Waals surface area contributed by atoms with E-state index in [-0.39, 0.29) is 30.9 Å². The van der Waals surface area contributed by atoms with Crippen molar-refractivity contribution in [3.63, 3.8) is 0 Å². The van der Waals surface area contributed by atoms with Gasteiger partial charge in [0.05, 0.1) is 19.6 Å². The smallest absolute Gasteiger partial charge is 0.323 e. The van der Waals surface area contributed by atoms with E-state index in [0.29, 0.717) is 0 Å². The molecule has 1 heterocycles. The highest BCUT2D eigenvalue weighted by atomic mass is 16.5. The average molecular weight is 336 g/mol. The predicted octanol–water partition coefficient (Wildman–Crippen LogP) is -0.202. The fraction of sp³-hybridized carbons (Fsp3) is 0.438. The number of hydrogen-bond acceptors (Lipinski definition) is 6. The number of methoxy groups -OCH3 is 1. The fourth-order valence-electron chi connectivity index (χ4n) is 2.74. The highest BCUT2D eigenvalue weighted by Crippen LogP contribution is 2.16. The number of ether oxygens (including phenoxy) is 1. The van der Waals surface area contributed by atoms with Crippen molar-refractivity contribution in [1.82, 2.24) is 10.6 Å². The monoisotopic (exact) mass is 336 g/mol. The molecule has 1 saturated heterocycles. The molecule has 1 aliphatic rings. The molecule has 0 spiro atoms. The summed E-state index contributed by atoms with van der Waals surface area (Å²) >= 11 is 0. The summed E-state index contributed by atoms with van der Waals surface area (Å²) in [5.74, 6) is -1.67. The van der Waals surface area contributed by atoms with E-state index >= 15 is 0 Å². The zero-order chi connectivity index (χ0) is 17.7. The van der Waals surface area contributed by atoms with Gasteiger partial charge in [0.2, 0.25) is 5.91 Å². The minimum absolute atomic E-state index is 0.0982. The van der Waals surface area contributed by atoms with Crippen molar-refractivity contribution in [2.24, 2.45) is 0 Å². The first kappa shape index (κ1) is 17.7. The summed E-state index contributed by atoms with van der Waals surface area (Å²) in [4.78, 5) is 34.5. The number of benzene rings is 1. The molecule has 2 rings (SSSR count). The molecule has 130 valence electrons. The molecule has 1 fully saturated rings. The van der Waals surface area contributed by atoms with Crippen molar-refractivity contribution in [3.8, 4) is 5.75 Å². The molecule has 1 aliphatic heterocycles. The van der Waals surface area contributed by atoms with E-state index in [1.807, 2.05) is 0 Å². The lowest BCUT2D eigenvalue weighted by atomic mass is 10.0. The number of phenols is 1. The molecule has 1 aromatic rings. The second kappa shape index (κ2) is 7.78. The third-order valence-corrected chi connectivity index (χ3v) is 3.91. The Morgan fingerprint density at radius 3 is 2.62 bits per heavy atom. The quantitative estimate of drug-likeness (QED) is 0.508. The van der Waals surface area contributed by atoms with Crippen molar-refractivity contribution < 1.29 is 29.3 Å². The van der Waals surface area contributed by atoms with Gasteiger partial charge in [-0.15, -0.1) is 0 Å². The second-order valence-electron chi connectivity index (χ2n) is 5.70. The number of carboxylic acid groups (broad SMARTS) is 1. The predicted molar refractivity (Wildman–Crippen MR) is 83.3 cm³/mol. The van der Waals surface area contributed by atoms with Crippen LogP contribution < -0.4 is 10.6 Å². The number of esters is 1. The minimum Gasteiger partial charge on any atom is -0.508 e. The molecule has 0 aromatic heterocycles. The van der Waals surface area contributed by atoms with E-state index in [1.54, 1.807) is 12.1 Å². The van der Waals surface area contributed by atoms with E-state index < -0.39 is 30.1 Å². The van der Waals surface area contributed by atoms with Crippen LogP contribution in [0.1, 0.15) is 18.4 Å². The van der Waals surface area contributed by atoms with Gasteiger partial charge in [0.25, 0.3) is 0 Å². The van der Waals surface area contributed by atoms with Gasteiger partial charge in [-0.05, 0) is 24.1 Å². The number of carbonyl (C=O) groups excluding carboxylic acids is 2. The summed E-state index contributed by atoms with van der Waals surface area (Å²) in [7, 11) is 1.26. The number of hydrogen-bond donors (Lipinski definition) is 4. The molecule has 24 heavy (non-hydrogen) atoms. The Labute approximate surface area is 138 Å². The molecule has 8 nitrogen and oxygen atoms in total. The van der Waals surface area contributed by atoms with Crippen LogP contribution in [-0.2, 0) is 25.5 Å². The summed E-state index contributed by atoms with van der Waals surface area (Å²) in [5, 5.41) is 23.9. The Hall–Kier alpha value is -2.61. The van der Waals surface area contributed by atoms with Gasteiger partial charge >= 0.3 is 11.9 Å². The maximum Gasteiger partial charge on any atom is 0.323 e. The van der Waals surface area contributed by atoms with Crippen LogP contribution in [0, 0.1) is 0 Å². The molecular weight excluding hydrogens is 316 g/mol. The molecule has 0 saturated carbocycles. The standard InChI is InChI=1S/C16H20N2O6/c1-24-16(23)13(6-9-2-4-10(19)5-3-9)17-11-7-14(20)18-12(11)8-15(21)22/h2-5,11-13,17,19H,6-8H2,1H3,(H,18,20)(H,21,22)/t11-,12-,13-/m0/s1. The molecule has 0 unspecified atom stereocenters. The Morgan fingerprint density at radius 2 is 2.04 bits per heavy atom. The van der Waals surface area contributed by atoms with Gasteiger partial charge < -0.3 is 20.3 Å². The number of rotatable bonds is 7. The molecular formula is C16H20N2O6. The summed E-state index contributed by atoms with van der Waals surface area (Å²) in [5.41, 5.74) is 0.794. The average Bonchev–Trinajstić information content (AvgIpc) is 2.86.